The molecule has 80 valence electrons. The van der Waals surface area contributed by atoms with E-state index in [4.69, 9.17) is 4.12 Å². The highest BCUT2D eigenvalue weighted by molar-refractivity contribution is 7.80. The Morgan fingerprint density at radius 1 is 1.15 bits per heavy atom. The van der Waals surface area contributed by atoms with Crippen LogP contribution in [0.2, 0.25) is 25.2 Å². The first kappa shape index (κ1) is 14.1. The van der Waals surface area contributed by atoms with Crippen LogP contribution in [0.1, 0.15) is 12.8 Å². The van der Waals surface area contributed by atoms with E-state index in [-0.39, 0.29) is 9.76 Å². The lowest BCUT2D eigenvalue weighted by molar-refractivity contribution is 0.579. The van der Waals surface area contributed by atoms with E-state index >= 15 is 0 Å². The summed E-state index contributed by atoms with van der Waals surface area (Å²) in [4.78, 5) is 0. The highest BCUT2D eigenvalue weighted by atomic mass is 32.1. The quantitative estimate of drug-likeness (QED) is 0.384. The second-order valence-electron chi connectivity index (χ2n) is 3.87. The predicted molar refractivity (Wildman–Crippen MR) is 73.7 cm³/mol. The zero-order valence-electron chi connectivity index (χ0n) is 8.75. The lowest BCUT2D eigenvalue weighted by atomic mass is 10.6. The summed E-state index contributed by atoms with van der Waals surface area (Å²) in [6.45, 7) is 4.65. The van der Waals surface area contributed by atoms with E-state index in [1.54, 1.807) is 0 Å². The molecule has 13 heavy (non-hydrogen) atoms. The van der Waals surface area contributed by atoms with Crippen LogP contribution in [0.3, 0.4) is 0 Å². The van der Waals surface area contributed by atoms with Crippen LogP contribution < -0.4 is 0 Å². The van der Waals surface area contributed by atoms with E-state index in [1.807, 2.05) is 0 Å². The summed E-state index contributed by atoms with van der Waals surface area (Å²) in [6, 6.07) is 2.56. The molecule has 0 aliphatic carbocycles. The van der Waals surface area contributed by atoms with Gasteiger partial charge >= 0.3 is 0 Å². The molecule has 0 aromatic heterocycles. The molecule has 0 spiro atoms. The maximum Gasteiger partial charge on any atom is 0.173 e. The molecule has 0 atom stereocenters. The highest BCUT2D eigenvalue weighted by Crippen LogP contribution is 2.14. The third-order valence-corrected chi connectivity index (χ3v) is 8.90. The molecule has 0 heterocycles. The Morgan fingerprint density at radius 2 is 1.77 bits per heavy atom. The fraction of sp³-hybridized carbons (Fsp3) is 1.00. The maximum atomic E-state index is 6.04. The fourth-order valence-corrected chi connectivity index (χ4v) is 7.09. The molecule has 0 saturated carbocycles. The van der Waals surface area contributed by atoms with E-state index in [1.165, 1.54) is 24.9 Å². The largest absolute Gasteiger partial charge is 0.460 e. The minimum atomic E-state index is -1.29. The molecular weight excluding hydrogens is 232 g/mol. The Hall–Kier alpha value is 1.09. The van der Waals surface area contributed by atoms with Crippen molar-refractivity contribution in [1.82, 2.24) is 0 Å². The molecule has 5 heteroatoms. The van der Waals surface area contributed by atoms with Crippen molar-refractivity contribution in [2.75, 3.05) is 11.5 Å². The van der Waals surface area contributed by atoms with Crippen LogP contribution in [-0.4, -0.2) is 29.6 Å². The van der Waals surface area contributed by atoms with Gasteiger partial charge in [0.2, 0.25) is 0 Å². The molecular formula is C8H22OS2Si2. The third kappa shape index (κ3) is 9.40. The second-order valence-corrected chi connectivity index (χ2v) is 11.0. The van der Waals surface area contributed by atoms with Crippen LogP contribution in [0.15, 0.2) is 0 Å². The first-order valence-electron chi connectivity index (χ1n) is 4.98. The van der Waals surface area contributed by atoms with Crippen LogP contribution in [0.5, 0.6) is 0 Å². The molecule has 0 unspecified atom stereocenters. The number of rotatable bonds is 8. The molecule has 0 amide bonds. The molecule has 1 nitrogen and oxygen atoms in total. The summed E-state index contributed by atoms with van der Waals surface area (Å²) < 4.78 is 6.04. The van der Waals surface area contributed by atoms with Crippen molar-refractivity contribution in [3.8, 4) is 0 Å². The summed E-state index contributed by atoms with van der Waals surface area (Å²) in [7, 11) is -1.53. The molecule has 0 bridgehead atoms. The monoisotopic (exact) mass is 254 g/mol. The van der Waals surface area contributed by atoms with Gasteiger partial charge in [0.25, 0.3) is 0 Å². The van der Waals surface area contributed by atoms with E-state index in [2.05, 4.69) is 38.4 Å². The smallest absolute Gasteiger partial charge is 0.173 e. The molecule has 0 aromatic rings. The summed E-state index contributed by atoms with van der Waals surface area (Å²) in [5.74, 6) is 2.01. The summed E-state index contributed by atoms with van der Waals surface area (Å²) >= 11 is 8.42. The predicted octanol–water partition coefficient (Wildman–Crippen LogP) is 2.35. The van der Waals surface area contributed by atoms with Gasteiger partial charge in [-0.25, -0.2) is 0 Å². The Kier molecular flexibility index (Phi) is 9.11. The van der Waals surface area contributed by atoms with Crippen molar-refractivity contribution in [3.05, 3.63) is 0 Å². The lowest BCUT2D eigenvalue weighted by Gasteiger charge is -2.22. The third-order valence-electron chi connectivity index (χ3n) is 1.98. The Bertz CT molecular complexity index is 123. The molecule has 0 rings (SSSR count). The van der Waals surface area contributed by atoms with Crippen LogP contribution in [0, 0.1) is 0 Å². The molecule has 0 radical (unpaired) electrons. The summed E-state index contributed by atoms with van der Waals surface area (Å²) in [6.07, 6.45) is 2.44. The molecule has 0 fully saturated rings. The van der Waals surface area contributed by atoms with Gasteiger partial charge in [-0.2, -0.15) is 25.3 Å². The van der Waals surface area contributed by atoms with Gasteiger partial charge in [0.1, 0.15) is 9.76 Å². The van der Waals surface area contributed by atoms with E-state index in [0.717, 1.165) is 11.5 Å². The maximum absolute atomic E-state index is 6.04. The van der Waals surface area contributed by atoms with Crippen molar-refractivity contribution in [2.45, 2.75) is 38.0 Å². The Labute approximate surface area is 96.9 Å². The van der Waals surface area contributed by atoms with Crippen molar-refractivity contribution < 1.29 is 4.12 Å². The molecule has 0 N–H and O–H groups in total. The minimum absolute atomic E-state index is 0.244. The standard InChI is InChI=1S/C8H22OS2Si2/c1-13(2,8-4-6-11)9-12-7-3-5-10/h10-11H,3-8,12H2,1-2H3. The van der Waals surface area contributed by atoms with Gasteiger partial charge in [-0.15, -0.1) is 0 Å². The molecule has 0 aliphatic rings. The molecule has 0 aliphatic heterocycles. The van der Waals surface area contributed by atoms with Crippen LogP contribution in [0.25, 0.3) is 0 Å². The number of hydrogen-bond donors (Lipinski definition) is 2. The van der Waals surface area contributed by atoms with Crippen LogP contribution in [0.4, 0.5) is 0 Å². The van der Waals surface area contributed by atoms with Gasteiger partial charge < -0.3 is 4.12 Å². The van der Waals surface area contributed by atoms with Crippen molar-refractivity contribution in [2.24, 2.45) is 0 Å². The average Bonchev–Trinajstić information content (AvgIpc) is 2.09. The van der Waals surface area contributed by atoms with Gasteiger partial charge in [0.15, 0.2) is 8.32 Å². The fourth-order valence-electron chi connectivity index (χ4n) is 1.14. The van der Waals surface area contributed by atoms with Gasteiger partial charge in [0, 0.05) is 0 Å². The minimum Gasteiger partial charge on any atom is -0.460 e. The van der Waals surface area contributed by atoms with Gasteiger partial charge in [-0.05, 0) is 49.5 Å². The van der Waals surface area contributed by atoms with Crippen LogP contribution >= 0.6 is 25.3 Å². The topological polar surface area (TPSA) is 9.23 Å². The molecule has 0 aromatic carbocycles. The van der Waals surface area contributed by atoms with E-state index in [0.29, 0.717) is 0 Å². The molecule has 0 saturated heterocycles. The SMILES string of the molecule is C[Si](C)(CCCS)O[SiH2]CCCS. The highest BCUT2D eigenvalue weighted by Gasteiger charge is 2.20. The van der Waals surface area contributed by atoms with E-state index in [9.17, 15) is 0 Å². The van der Waals surface area contributed by atoms with Gasteiger partial charge in [-0.3, -0.25) is 0 Å². The Balaban J connectivity index is 3.39. The number of thiol groups is 2. The lowest BCUT2D eigenvalue weighted by Crippen LogP contribution is -2.31. The second kappa shape index (κ2) is 8.41. The zero-order valence-corrected chi connectivity index (χ0v) is 13.0. The van der Waals surface area contributed by atoms with Crippen LogP contribution in [-0.2, 0) is 4.12 Å². The summed E-state index contributed by atoms with van der Waals surface area (Å²) in [5.41, 5.74) is 0. The average molecular weight is 255 g/mol. The zero-order chi connectivity index (χ0) is 10.2. The normalized spacial score (nSPS) is 12.9. The first-order chi connectivity index (χ1) is 6.12. The first-order valence-corrected chi connectivity index (χ1v) is 10.9. The van der Waals surface area contributed by atoms with Crippen molar-refractivity contribution in [3.63, 3.8) is 0 Å². The van der Waals surface area contributed by atoms with Gasteiger partial charge in [0.05, 0.1) is 0 Å². The van der Waals surface area contributed by atoms with Crippen molar-refractivity contribution >= 4 is 43.3 Å². The summed E-state index contributed by atoms with van der Waals surface area (Å²) in [5, 5.41) is 0. The number of hydrogen-bond acceptors (Lipinski definition) is 3. The van der Waals surface area contributed by atoms with E-state index < -0.39 is 8.32 Å². The van der Waals surface area contributed by atoms with Crippen molar-refractivity contribution in [1.29, 1.82) is 0 Å². The van der Waals surface area contributed by atoms with Gasteiger partial charge in [-0.1, -0.05) is 0 Å². The Morgan fingerprint density at radius 3 is 2.31 bits per heavy atom.